The summed E-state index contributed by atoms with van der Waals surface area (Å²) in [5.41, 5.74) is 0.603. The van der Waals surface area contributed by atoms with Crippen LogP contribution in [0.4, 0.5) is 0 Å². The van der Waals surface area contributed by atoms with Crippen molar-refractivity contribution >= 4 is 20.4 Å². The van der Waals surface area contributed by atoms with Gasteiger partial charge >= 0.3 is 7.82 Å². The molecule has 0 atom stereocenters. The monoisotopic (exact) mass is 306 g/mol. The van der Waals surface area contributed by atoms with Crippen LogP contribution in [0.1, 0.15) is 20.7 Å². The van der Waals surface area contributed by atoms with Gasteiger partial charge in [-0.05, 0) is 24.3 Å². The molecular weight excluding hydrogens is 295 g/mol. The summed E-state index contributed by atoms with van der Waals surface area (Å²) in [5, 5.41) is 0. The van der Waals surface area contributed by atoms with E-state index >= 15 is 0 Å². The van der Waals surface area contributed by atoms with E-state index in [1.54, 1.807) is 0 Å². The highest BCUT2D eigenvalue weighted by molar-refractivity contribution is 7.48. The summed E-state index contributed by atoms with van der Waals surface area (Å²) in [4.78, 5) is 31.0. The van der Waals surface area contributed by atoms with Crippen molar-refractivity contribution in [3.8, 4) is 11.5 Å². The molecule has 0 unspecified atom stereocenters. The van der Waals surface area contributed by atoms with Crippen LogP contribution in [0, 0.1) is 0 Å². The molecule has 2 aromatic carbocycles. The Bertz CT molecular complexity index is 655. The average molecular weight is 306 g/mol. The Morgan fingerprint density at radius 3 is 1.67 bits per heavy atom. The molecule has 0 bridgehead atoms. The van der Waals surface area contributed by atoms with Gasteiger partial charge in [0.1, 0.15) is 24.1 Å². The number of hydrogen-bond donors (Lipinski definition) is 1. The van der Waals surface area contributed by atoms with E-state index < -0.39 is 7.82 Å². The number of hydrogen-bond acceptors (Lipinski definition) is 5. The van der Waals surface area contributed by atoms with Gasteiger partial charge in [0.05, 0.1) is 0 Å². The number of carbonyl (C=O) groups excluding carboxylic acids is 2. The van der Waals surface area contributed by atoms with Crippen LogP contribution in [-0.4, -0.2) is 17.5 Å². The first-order valence-electron chi connectivity index (χ1n) is 5.85. The van der Waals surface area contributed by atoms with E-state index in [-0.39, 0.29) is 11.5 Å². The lowest BCUT2D eigenvalue weighted by Gasteiger charge is -2.14. The minimum atomic E-state index is -4.43. The van der Waals surface area contributed by atoms with Crippen LogP contribution >= 0.6 is 7.82 Å². The smallest absolute Gasteiger partial charge is 0.395 e. The molecule has 0 fully saturated rings. The maximum Gasteiger partial charge on any atom is 0.584 e. The van der Waals surface area contributed by atoms with Crippen LogP contribution < -0.4 is 9.05 Å². The molecule has 0 aliphatic carbocycles. The molecule has 0 saturated carbocycles. The lowest BCUT2D eigenvalue weighted by Crippen LogP contribution is -2.00. The van der Waals surface area contributed by atoms with Gasteiger partial charge in [-0.1, -0.05) is 24.3 Å². The summed E-state index contributed by atoms with van der Waals surface area (Å²) >= 11 is 0. The molecule has 0 aliphatic rings. The van der Waals surface area contributed by atoms with Crippen molar-refractivity contribution in [1.82, 2.24) is 0 Å². The van der Waals surface area contributed by atoms with E-state index in [1.807, 2.05) is 0 Å². The topological polar surface area (TPSA) is 89.9 Å². The zero-order chi connectivity index (χ0) is 15.3. The van der Waals surface area contributed by atoms with Crippen LogP contribution in [0.3, 0.4) is 0 Å². The van der Waals surface area contributed by atoms with Gasteiger partial charge in [-0.25, -0.2) is 4.57 Å². The number of aldehydes is 2. The van der Waals surface area contributed by atoms with Gasteiger partial charge in [-0.15, -0.1) is 0 Å². The van der Waals surface area contributed by atoms with Gasteiger partial charge in [0, 0.05) is 11.1 Å². The molecule has 0 aliphatic heterocycles. The van der Waals surface area contributed by atoms with E-state index in [1.165, 1.54) is 48.5 Å². The second-order valence-corrected chi connectivity index (χ2v) is 5.33. The van der Waals surface area contributed by atoms with Crippen molar-refractivity contribution in [2.45, 2.75) is 0 Å². The van der Waals surface area contributed by atoms with Crippen molar-refractivity contribution in [2.75, 3.05) is 0 Å². The molecule has 108 valence electrons. The first kappa shape index (κ1) is 15.0. The fourth-order valence-corrected chi connectivity index (χ4v) is 2.37. The average Bonchev–Trinajstić information content (AvgIpc) is 2.46. The van der Waals surface area contributed by atoms with Gasteiger partial charge in [0.2, 0.25) is 0 Å². The van der Waals surface area contributed by atoms with Crippen molar-refractivity contribution in [2.24, 2.45) is 0 Å². The Labute approximate surface area is 120 Å². The number of benzene rings is 2. The van der Waals surface area contributed by atoms with Crippen molar-refractivity contribution in [3.63, 3.8) is 0 Å². The second-order valence-electron chi connectivity index (χ2n) is 4.03. The largest absolute Gasteiger partial charge is 0.584 e. The zero-order valence-corrected chi connectivity index (χ0v) is 11.6. The zero-order valence-electron chi connectivity index (χ0n) is 10.7. The van der Waals surface area contributed by atoms with Gasteiger partial charge in [-0.2, -0.15) is 0 Å². The Morgan fingerprint density at radius 2 is 1.29 bits per heavy atom. The van der Waals surface area contributed by atoms with Crippen molar-refractivity contribution in [1.29, 1.82) is 0 Å². The summed E-state index contributed by atoms with van der Waals surface area (Å²) in [5.74, 6) is 0.0500. The normalized spacial score (nSPS) is 10.7. The van der Waals surface area contributed by atoms with Crippen LogP contribution in [0.25, 0.3) is 0 Å². The highest BCUT2D eigenvalue weighted by Gasteiger charge is 2.25. The standard InChI is InChI=1S/C14H11O6P/c15-9-11-3-1-5-13(7-11)19-21(17,18)20-14-6-2-4-12(8-14)10-16/h1-10H,(H,17,18). The lowest BCUT2D eigenvalue weighted by atomic mass is 10.2. The molecule has 7 heteroatoms. The van der Waals surface area contributed by atoms with Gasteiger partial charge in [-0.3, -0.25) is 14.5 Å². The first-order chi connectivity index (χ1) is 10.0. The molecular formula is C14H11O6P. The Hall–Kier alpha value is -2.43. The van der Waals surface area contributed by atoms with Crippen LogP contribution in [0.2, 0.25) is 0 Å². The van der Waals surface area contributed by atoms with Gasteiger partial charge < -0.3 is 9.05 Å². The Kier molecular flexibility index (Phi) is 4.52. The van der Waals surface area contributed by atoms with Crippen molar-refractivity contribution in [3.05, 3.63) is 59.7 Å². The molecule has 2 rings (SSSR count). The molecule has 0 spiro atoms. The van der Waals surface area contributed by atoms with Crippen molar-refractivity contribution < 1.29 is 28.1 Å². The Balaban J connectivity index is 2.15. The predicted octanol–water partition coefficient (Wildman–Crippen LogP) is 2.87. The third kappa shape index (κ3) is 4.27. The summed E-state index contributed by atoms with van der Waals surface area (Å²) in [6.45, 7) is 0. The lowest BCUT2D eigenvalue weighted by molar-refractivity contribution is 0.111. The van der Waals surface area contributed by atoms with Gasteiger partial charge in [0.25, 0.3) is 0 Å². The minimum Gasteiger partial charge on any atom is -0.395 e. The third-order valence-corrected chi connectivity index (χ3v) is 3.31. The highest BCUT2D eigenvalue weighted by atomic mass is 31.2. The SMILES string of the molecule is O=Cc1cccc(OP(=O)(O)Oc2cccc(C=O)c2)c1. The fourth-order valence-electron chi connectivity index (χ4n) is 1.57. The first-order valence-corrected chi connectivity index (χ1v) is 7.34. The third-order valence-electron chi connectivity index (χ3n) is 2.43. The molecule has 2 aromatic rings. The number of phosphoric ester groups is 1. The van der Waals surface area contributed by atoms with Crippen LogP contribution in [-0.2, 0) is 4.57 Å². The predicted molar refractivity (Wildman–Crippen MR) is 74.7 cm³/mol. The van der Waals surface area contributed by atoms with E-state index in [2.05, 4.69) is 0 Å². The quantitative estimate of drug-likeness (QED) is 0.652. The molecule has 1 N–H and O–H groups in total. The van der Waals surface area contributed by atoms with E-state index in [0.29, 0.717) is 23.7 Å². The molecule has 0 heterocycles. The van der Waals surface area contributed by atoms with Gasteiger partial charge in [0.15, 0.2) is 0 Å². The van der Waals surface area contributed by atoms with Crippen LogP contribution in [0.5, 0.6) is 11.5 Å². The maximum atomic E-state index is 11.9. The van der Waals surface area contributed by atoms with E-state index in [4.69, 9.17) is 9.05 Å². The summed E-state index contributed by atoms with van der Waals surface area (Å²) in [6, 6.07) is 11.5. The second kappa shape index (κ2) is 6.35. The van der Waals surface area contributed by atoms with Crippen LogP contribution in [0.15, 0.2) is 48.5 Å². The summed E-state index contributed by atoms with van der Waals surface area (Å²) in [6.07, 6.45) is 1.17. The number of rotatable bonds is 6. The highest BCUT2D eigenvalue weighted by Crippen LogP contribution is 2.44. The minimum absolute atomic E-state index is 0.0250. The van der Waals surface area contributed by atoms with E-state index in [0.717, 1.165) is 0 Å². The fraction of sp³-hybridized carbons (Fsp3) is 0. The summed E-state index contributed by atoms with van der Waals surface area (Å²) < 4.78 is 21.6. The molecule has 0 saturated heterocycles. The summed E-state index contributed by atoms with van der Waals surface area (Å²) in [7, 11) is -4.43. The van der Waals surface area contributed by atoms with E-state index in [9.17, 15) is 19.0 Å². The molecule has 0 amide bonds. The number of carbonyl (C=O) groups is 2. The molecule has 0 radical (unpaired) electrons. The number of phosphoric acid groups is 1. The molecule has 0 aromatic heterocycles. The molecule has 21 heavy (non-hydrogen) atoms. The molecule has 6 nitrogen and oxygen atoms in total. The Morgan fingerprint density at radius 1 is 0.857 bits per heavy atom. The maximum absolute atomic E-state index is 11.9.